The lowest BCUT2D eigenvalue weighted by molar-refractivity contribution is -0.144. The minimum Gasteiger partial charge on any atom is -0.493 e. The van der Waals surface area contributed by atoms with Crippen LogP contribution in [0.25, 0.3) is 0 Å². The van der Waals surface area contributed by atoms with Crippen molar-refractivity contribution in [3.63, 3.8) is 0 Å². The van der Waals surface area contributed by atoms with Crippen LogP contribution in [0.4, 0.5) is 4.79 Å². The van der Waals surface area contributed by atoms with E-state index in [1.807, 2.05) is 26.0 Å². The SMILES string of the molecule is CC[C@@H](C)[C@H](NC(=O)N1CCc2[nH]cnc2[C@H]1c1cccc(OC)c1OC)C(=O)OC. The van der Waals surface area contributed by atoms with Crippen LogP contribution >= 0.6 is 0 Å². The molecule has 0 spiro atoms. The molecule has 0 fully saturated rings. The fourth-order valence-electron chi connectivity index (χ4n) is 3.95. The van der Waals surface area contributed by atoms with Crippen LogP contribution < -0.4 is 14.8 Å². The molecule has 0 saturated heterocycles. The van der Waals surface area contributed by atoms with Crippen LogP contribution in [-0.2, 0) is 16.0 Å². The van der Waals surface area contributed by atoms with E-state index in [0.717, 1.165) is 23.4 Å². The second-order valence-electron chi connectivity index (χ2n) is 7.53. The molecule has 1 aromatic heterocycles. The molecule has 0 radical (unpaired) electrons. The standard InChI is InChI=1S/C22H30N4O5/c1-6-13(2)17(21(27)31-5)25-22(28)26-11-10-15-18(24-12-23-15)19(26)14-8-7-9-16(29-3)20(14)30-4/h7-9,12-13,17,19H,6,10-11H2,1-5H3,(H,23,24)(H,25,28)/t13-,17+,19-/m1/s1. The molecule has 2 amide bonds. The van der Waals surface area contributed by atoms with E-state index in [1.54, 1.807) is 31.5 Å². The van der Waals surface area contributed by atoms with Crippen molar-refractivity contribution in [1.29, 1.82) is 0 Å². The molecule has 1 aliphatic heterocycles. The molecule has 168 valence electrons. The van der Waals surface area contributed by atoms with Gasteiger partial charge in [0, 0.05) is 24.2 Å². The van der Waals surface area contributed by atoms with Gasteiger partial charge in [-0.2, -0.15) is 0 Å². The average molecular weight is 431 g/mol. The number of benzene rings is 1. The highest BCUT2D eigenvalue weighted by molar-refractivity contribution is 5.84. The lowest BCUT2D eigenvalue weighted by Gasteiger charge is -2.37. The monoisotopic (exact) mass is 430 g/mol. The number of hydrogen-bond donors (Lipinski definition) is 2. The highest BCUT2D eigenvalue weighted by atomic mass is 16.5. The quantitative estimate of drug-likeness (QED) is 0.654. The summed E-state index contributed by atoms with van der Waals surface area (Å²) in [4.78, 5) is 35.1. The van der Waals surface area contributed by atoms with Crippen molar-refractivity contribution in [2.24, 2.45) is 5.92 Å². The van der Waals surface area contributed by atoms with Gasteiger partial charge in [-0.1, -0.05) is 32.4 Å². The number of esters is 1. The van der Waals surface area contributed by atoms with Gasteiger partial charge < -0.3 is 29.4 Å². The van der Waals surface area contributed by atoms with Crippen LogP contribution in [-0.4, -0.2) is 60.8 Å². The average Bonchev–Trinajstić information content (AvgIpc) is 3.29. The smallest absolute Gasteiger partial charge is 0.328 e. The zero-order chi connectivity index (χ0) is 22.5. The number of methoxy groups -OCH3 is 3. The van der Waals surface area contributed by atoms with Gasteiger partial charge in [0.15, 0.2) is 11.5 Å². The van der Waals surface area contributed by atoms with Gasteiger partial charge in [-0.3, -0.25) is 0 Å². The van der Waals surface area contributed by atoms with Gasteiger partial charge in [0.2, 0.25) is 0 Å². The Hall–Kier alpha value is -3.23. The van der Waals surface area contributed by atoms with E-state index >= 15 is 0 Å². The normalized spacial score (nSPS) is 17.3. The summed E-state index contributed by atoms with van der Waals surface area (Å²) in [5.41, 5.74) is 2.46. The van der Waals surface area contributed by atoms with Gasteiger partial charge in [0.05, 0.1) is 33.4 Å². The minimum atomic E-state index is -0.740. The number of aromatic nitrogens is 2. The molecule has 9 heteroatoms. The molecule has 0 bridgehead atoms. The zero-order valence-corrected chi connectivity index (χ0v) is 18.6. The van der Waals surface area contributed by atoms with E-state index in [1.165, 1.54) is 7.11 Å². The van der Waals surface area contributed by atoms with E-state index in [-0.39, 0.29) is 11.9 Å². The van der Waals surface area contributed by atoms with Crippen molar-refractivity contribution in [3.05, 3.63) is 41.5 Å². The topological polar surface area (TPSA) is 106 Å². The predicted octanol–water partition coefficient (Wildman–Crippen LogP) is 2.67. The Morgan fingerprint density at radius 1 is 1.29 bits per heavy atom. The summed E-state index contributed by atoms with van der Waals surface area (Å²) in [5, 5.41) is 2.88. The van der Waals surface area contributed by atoms with Gasteiger partial charge in [-0.25, -0.2) is 14.6 Å². The fraction of sp³-hybridized carbons (Fsp3) is 0.500. The van der Waals surface area contributed by atoms with Crippen molar-refractivity contribution in [2.45, 2.75) is 38.8 Å². The first-order chi connectivity index (χ1) is 15.0. The van der Waals surface area contributed by atoms with E-state index in [2.05, 4.69) is 15.3 Å². The molecule has 31 heavy (non-hydrogen) atoms. The maximum absolute atomic E-state index is 13.4. The third-order valence-electron chi connectivity index (χ3n) is 5.86. The number of ether oxygens (including phenoxy) is 3. The summed E-state index contributed by atoms with van der Waals surface area (Å²) < 4.78 is 16.0. The molecule has 2 aromatic rings. The number of carbonyl (C=O) groups is 2. The second kappa shape index (κ2) is 9.72. The van der Waals surface area contributed by atoms with Crippen molar-refractivity contribution in [2.75, 3.05) is 27.9 Å². The van der Waals surface area contributed by atoms with Crippen LogP contribution in [0.5, 0.6) is 11.5 Å². The number of imidazole rings is 1. The number of aromatic amines is 1. The lowest BCUT2D eigenvalue weighted by atomic mass is 9.94. The van der Waals surface area contributed by atoms with E-state index in [0.29, 0.717) is 24.5 Å². The molecule has 3 atom stereocenters. The predicted molar refractivity (Wildman–Crippen MR) is 114 cm³/mol. The molecule has 2 heterocycles. The fourth-order valence-corrected chi connectivity index (χ4v) is 3.95. The number of carbonyl (C=O) groups excluding carboxylic acids is 2. The van der Waals surface area contributed by atoms with Crippen LogP contribution in [0.1, 0.15) is 43.3 Å². The number of nitrogens with one attached hydrogen (secondary N) is 2. The Morgan fingerprint density at radius 2 is 2.06 bits per heavy atom. The molecule has 1 aromatic carbocycles. The van der Waals surface area contributed by atoms with Crippen molar-refractivity contribution in [1.82, 2.24) is 20.2 Å². The Labute approximate surface area is 182 Å². The maximum Gasteiger partial charge on any atom is 0.328 e. The molecule has 9 nitrogen and oxygen atoms in total. The third kappa shape index (κ3) is 4.30. The molecular formula is C22H30N4O5. The van der Waals surface area contributed by atoms with Crippen molar-refractivity contribution >= 4 is 12.0 Å². The summed E-state index contributed by atoms with van der Waals surface area (Å²) >= 11 is 0. The van der Waals surface area contributed by atoms with Crippen LogP contribution in [0.2, 0.25) is 0 Å². The molecule has 0 saturated carbocycles. The Bertz CT molecular complexity index is 928. The summed E-state index contributed by atoms with van der Waals surface area (Å²) in [6.45, 7) is 4.32. The van der Waals surface area contributed by atoms with E-state index in [9.17, 15) is 9.59 Å². The molecular weight excluding hydrogens is 400 g/mol. The van der Waals surface area contributed by atoms with Gasteiger partial charge in [-0.05, 0) is 12.0 Å². The molecule has 3 rings (SSSR count). The molecule has 1 aliphatic rings. The van der Waals surface area contributed by atoms with Crippen LogP contribution in [0.3, 0.4) is 0 Å². The lowest BCUT2D eigenvalue weighted by Crippen LogP contribution is -2.53. The van der Waals surface area contributed by atoms with Crippen LogP contribution in [0.15, 0.2) is 24.5 Å². The first-order valence-electron chi connectivity index (χ1n) is 10.3. The highest BCUT2D eigenvalue weighted by Gasteiger charge is 2.38. The summed E-state index contributed by atoms with van der Waals surface area (Å²) in [5.74, 6) is 0.563. The van der Waals surface area contributed by atoms with Gasteiger partial charge in [0.25, 0.3) is 0 Å². The van der Waals surface area contributed by atoms with E-state index < -0.39 is 18.1 Å². The number of nitrogens with zero attached hydrogens (tertiary/aromatic N) is 2. The third-order valence-corrected chi connectivity index (χ3v) is 5.86. The molecule has 0 aliphatic carbocycles. The number of hydrogen-bond acceptors (Lipinski definition) is 6. The van der Waals surface area contributed by atoms with Gasteiger partial charge in [0.1, 0.15) is 12.1 Å². The van der Waals surface area contributed by atoms with Crippen molar-refractivity contribution < 1.29 is 23.8 Å². The molecule has 0 unspecified atom stereocenters. The number of H-pyrrole nitrogens is 1. The highest BCUT2D eigenvalue weighted by Crippen LogP contribution is 2.42. The number of rotatable bonds is 7. The number of para-hydroxylation sites is 1. The Morgan fingerprint density at radius 3 is 2.71 bits per heavy atom. The Kier molecular flexibility index (Phi) is 7.04. The second-order valence-corrected chi connectivity index (χ2v) is 7.53. The largest absolute Gasteiger partial charge is 0.493 e. The first kappa shape index (κ1) is 22.5. The maximum atomic E-state index is 13.4. The van der Waals surface area contributed by atoms with Crippen LogP contribution in [0, 0.1) is 5.92 Å². The Balaban J connectivity index is 2.02. The van der Waals surface area contributed by atoms with Crippen molar-refractivity contribution in [3.8, 4) is 11.5 Å². The number of fused-ring (bicyclic) bond motifs is 1. The summed E-state index contributed by atoms with van der Waals surface area (Å²) in [6.07, 6.45) is 2.97. The van der Waals surface area contributed by atoms with E-state index in [4.69, 9.17) is 14.2 Å². The van der Waals surface area contributed by atoms with Gasteiger partial charge >= 0.3 is 12.0 Å². The summed E-state index contributed by atoms with van der Waals surface area (Å²) in [7, 11) is 4.46. The summed E-state index contributed by atoms with van der Waals surface area (Å²) in [6, 6.07) is 3.94. The number of urea groups is 1. The van der Waals surface area contributed by atoms with Gasteiger partial charge in [-0.15, -0.1) is 0 Å². The number of amides is 2. The first-order valence-corrected chi connectivity index (χ1v) is 10.3. The zero-order valence-electron chi connectivity index (χ0n) is 18.6. The minimum absolute atomic E-state index is 0.0769. The molecule has 2 N–H and O–H groups in total.